The molecule has 1 N–H and O–H groups in total. The summed E-state index contributed by atoms with van der Waals surface area (Å²) in [5.41, 5.74) is -0.233. The van der Waals surface area contributed by atoms with Gasteiger partial charge >= 0.3 is 0 Å². The first-order valence-corrected chi connectivity index (χ1v) is 6.90. The van der Waals surface area contributed by atoms with Gasteiger partial charge in [0.2, 0.25) is 0 Å². The Morgan fingerprint density at radius 1 is 1.05 bits per heavy atom. The van der Waals surface area contributed by atoms with Gasteiger partial charge in [-0.1, -0.05) is 27.7 Å². The van der Waals surface area contributed by atoms with Gasteiger partial charge in [0.05, 0.1) is 15.9 Å². The first-order chi connectivity index (χ1) is 9.73. The van der Waals surface area contributed by atoms with Crippen LogP contribution in [0.2, 0.25) is 0 Å². The molecule has 0 aromatic heterocycles. The minimum atomic E-state index is -0.637. The van der Waals surface area contributed by atoms with Crippen molar-refractivity contribution in [2.24, 2.45) is 17.8 Å². The van der Waals surface area contributed by atoms with Crippen LogP contribution in [0.5, 0.6) is 0 Å². The second-order valence-electron chi connectivity index (χ2n) is 5.75. The Morgan fingerprint density at radius 2 is 1.62 bits per heavy atom. The van der Waals surface area contributed by atoms with Gasteiger partial charge in [0.25, 0.3) is 11.4 Å². The Hall–Kier alpha value is -2.18. The molecule has 0 atom stereocenters. The quantitative estimate of drug-likeness (QED) is 0.608. The zero-order valence-corrected chi connectivity index (χ0v) is 12.7. The third kappa shape index (κ3) is 4.40. The molecule has 0 spiro atoms. The molecule has 116 valence electrons. The van der Waals surface area contributed by atoms with Crippen LogP contribution < -0.4 is 5.32 Å². The van der Waals surface area contributed by atoms with Crippen LogP contribution in [0.3, 0.4) is 0 Å². The van der Waals surface area contributed by atoms with Crippen molar-refractivity contribution in [1.82, 2.24) is 0 Å². The molecule has 0 saturated carbocycles. The van der Waals surface area contributed by atoms with Gasteiger partial charge in [0, 0.05) is 12.6 Å². The monoisotopic (exact) mass is 295 g/mol. The smallest absolute Gasteiger partial charge is 0.299 e. The van der Waals surface area contributed by atoms with Crippen molar-refractivity contribution in [2.75, 3.05) is 11.9 Å². The molecule has 0 heterocycles. The van der Waals surface area contributed by atoms with Gasteiger partial charge in [-0.3, -0.25) is 20.2 Å². The number of non-ortho nitro benzene ring substituents is 1. The fourth-order valence-corrected chi connectivity index (χ4v) is 2.40. The first-order valence-electron chi connectivity index (χ1n) is 6.90. The standard InChI is InChI=1S/C14H21N3O4/c1-9(2)12(10(3)4)8-15-13-6-5-11(16(18)19)7-14(13)17(20)21/h5-7,9-10,12,15H,8H2,1-4H3. The molecule has 21 heavy (non-hydrogen) atoms. The molecule has 1 aromatic rings. The third-order valence-corrected chi connectivity index (χ3v) is 3.63. The average molecular weight is 295 g/mol. The molecule has 0 unspecified atom stereocenters. The summed E-state index contributed by atoms with van der Waals surface area (Å²) in [7, 11) is 0. The van der Waals surface area contributed by atoms with Crippen LogP contribution in [0.1, 0.15) is 27.7 Å². The van der Waals surface area contributed by atoms with E-state index in [0.29, 0.717) is 30.0 Å². The van der Waals surface area contributed by atoms with Gasteiger partial charge < -0.3 is 5.32 Å². The molecule has 0 fully saturated rings. The lowest BCUT2D eigenvalue weighted by Gasteiger charge is -2.25. The van der Waals surface area contributed by atoms with E-state index < -0.39 is 9.85 Å². The van der Waals surface area contributed by atoms with Gasteiger partial charge in [0.15, 0.2) is 0 Å². The largest absolute Gasteiger partial charge is 0.379 e. The van der Waals surface area contributed by atoms with E-state index in [1.54, 1.807) is 0 Å². The van der Waals surface area contributed by atoms with Crippen molar-refractivity contribution in [3.05, 3.63) is 38.4 Å². The maximum atomic E-state index is 11.1. The number of nitro groups is 2. The molecule has 0 amide bonds. The minimum absolute atomic E-state index is 0.268. The van der Waals surface area contributed by atoms with E-state index >= 15 is 0 Å². The van der Waals surface area contributed by atoms with Gasteiger partial charge in [-0.05, 0) is 23.8 Å². The summed E-state index contributed by atoms with van der Waals surface area (Å²) in [5, 5.41) is 24.8. The van der Waals surface area contributed by atoms with Gasteiger partial charge in [0.1, 0.15) is 5.69 Å². The zero-order valence-electron chi connectivity index (χ0n) is 12.7. The number of benzene rings is 1. The lowest BCUT2D eigenvalue weighted by Crippen LogP contribution is -2.24. The number of hydrogen-bond acceptors (Lipinski definition) is 5. The topological polar surface area (TPSA) is 98.3 Å². The van der Waals surface area contributed by atoms with E-state index in [-0.39, 0.29) is 11.4 Å². The summed E-state index contributed by atoms with van der Waals surface area (Å²) in [6.45, 7) is 9.02. The number of hydrogen-bond donors (Lipinski definition) is 1. The molecule has 0 bridgehead atoms. The normalized spacial score (nSPS) is 11.2. The molecule has 1 aromatic carbocycles. The zero-order chi connectivity index (χ0) is 16.2. The van der Waals surface area contributed by atoms with Crippen LogP contribution in [0, 0.1) is 38.0 Å². The van der Waals surface area contributed by atoms with Crippen LogP contribution in [0.4, 0.5) is 17.1 Å². The van der Waals surface area contributed by atoms with Crippen molar-refractivity contribution < 1.29 is 9.85 Å². The number of nitrogens with one attached hydrogen (secondary N) is 1. The van der Waals surface area contributed by atoms with Crippen LogP contribution in [-0.4, -0.2) is 16.4 Å². The van der Waals surface area contributed by atoms with Crippen molar-refractivity contribution >= 4 is 17.1 Å². The predicted molar refractivity (Wildman–Crippen MR) is 81.4 cm³/mol. The van der Waals surface area contributed by atoms with Crippen LogP contribution >= 0.6 is 0 Å². The minimum Gasteiger partial charge on any atom is -0.379 e. The highest BCUT2D eigenvalue weighted by Gasteiger charge is 2.22. The summed E-state index contributed by atoms with van der Waals surface area (Å²) in [6, 6.07) is 3.66. The Balaban J connectivity index is 2.97. The molecule has 0 aliphatic rings. The molecule has 0 radical (unpaired) electrons. The van der Waals surface area contributed by atoms with Crippen LogP contribution in [0.25, 0.3) is 0 Å². The molecule has 7 nitrogen and oxygen atoms in total. The predicted octanol–water partition coefficient (Wildman–Crippen LogP) is 3.84. The highest BCUT2D eigenvalue weighted by molar-refractivity contribution is 5.65. The second kappa shape index (κ2) is 7.01. The van der Waals surface area contributed by atoms with E-state index in [4.69, 9.17) is 0 Å². The summed E-state index contributed by atoms with van der Waals surface area (Å²) in [4.78, 5) is 20.5. The third-order valence-electron chi connectivity index (χ3n) is 3.63. The summed E-state index contributed by atoms with van der Waals surface area (Å²) in [6.07, 6.45) is 0. The van der Waals surface area contributed by atoms with E-state index in [1.165, 1.54) is 12.1 Å². The van der Waals surface area contributed by atoms with Gasteiger partial charge in [-0.2, -0.15) is 0 Å². The first kappa shape index (κ1) is 16.9. The lowest BCUT2D eigenvalue weighted by molar-refractivity contribution is -0.393. The van der Waals surface area contributed by atoms with E-state index in [9.17, 15) is 20.2 Å². The van der Waals surface area contributed by atoms with Crippen molar-refractivity contribution in [3.63, 3.8) is 0 Å². The molecule has 7 heteroatoms. The number of anilines is 1. The molecule has 0 saturated heterocycles. The van der Waals surface area contributed by atoms with Crippen molar-refractivity contribution in [1.29, 1.82) is 0 Å². The van der Waals surface area contributed by atoms with Gasteiger partial charge in [-0.25, -0.2) is 0 Å². The lowest BCUT2D eigenvalue weighted by atomic mass is 9.85. The Morgan fingerprint density at radius 3 is 2.05 bits per heavy atom. The van der Waals surface area contributed by atoms with Crippen LogP contribution in [0.15, 0.2) is 18.2 Å². The summed E-state index contributed by atoms with van der Waals surface area (Å²) in [5.74, 6) is 1.24. The maximum Gasteiger partial charge on any atom is 0.299 e. The molecule has 0 aliphatic heterocycles. The van der Waals surface area contributed by atoms with E-state index in [2.05, 4.69) is 33.0 Å². The number of nitrogens with zero attached hydrogens (tertiary/aromatic N) is 2. The highest BCUT2D eigenvalue weighted by Crippen LogP contribution is 2.30. The van der Waals surface area contributed by atoms with Crippen molar-refractivity contribution in [3.8, 4) is 0 Å². The summed E-state index contributed by atoms with van der Waals surface area (Å²) < 4.78 is 0. The second-order valence-corrected chi connectivity index (χ2v) is 5.75. The summed E-state index contributed by atoms with van der Waals surface area (Å²) >= 11 is 0. The molecular formula is C14H21N3O4. The SMILES string of the molecule is CC(C)C(CNc1ccc([N+](=O)[O-])cc1[N+](=O)[O-])C(C)C. The fraction of sp³-hybridized carbons (Fsp3) is 0.571. The van der Waals surface area contributed by atoms with E-state index in [1.807, 2.05) is 0 Å². The van der Waals surface area contributed by atoms with E-state index in [0.717, 1.165) is 6.07 Å². The van der Waals surface area contributed by atoms with Gasteiger partial charge in [-0.15, -0.1) is 0 Å². The average Bonchev–Trinajstić information content (AvgIpc) is 2.37. The number of rotatable bonds is 7. The fourth-order valence-electron chi connectivity index (χ4n) is 2.40. The van der Waals surface area contributed by atoms with Crippen LogP contribution in [-0.2, 0) is 0 Å². The Bertz CT molecular complexity index is 521. The molecule has 0 aliphatic carbocycles. The molecular weight excluding hydrogens is 274 g/mol. The maximum absolute atomic E-state index is 11.1. The number of nitro benzene ring substituents is 2. The Kier molecular flexibility index (Phi) is 5.63. The Labute approximate surface area is 123 Å². The molecule has 1 rings (SSSR count). The highest BCUT2D eigenvalue weighted by atomic mass is 16.6. The van der Waals surface area contributed by atoms with Crippen molar-refractivity contribution in [2.45, 2.75) is 27.7 Å².